The Bertz CT molecular complexity index is 1460. The minimum absolute atomic E-state index is 0.0490. The third-order valence-electron chi connectivity index (χ3n) is 4.76. The first-order chi connectivity index (χ1) is 17.0. The van der Waals surface area contributed by atoms with Gasteiger partial charge in [0.2, 0.25) is 0 Å². The van der Waals surface area contributed by atoms with Gasteiger partial charge in [0, 0.05) is 0 Å². The van der Waals surface area contributed by atoms with Gasteiger partial charge in [0.25, 0.3) is 20.0 Å². The van der Waals surface area contributed by atoms with E-state index in [2.05, 4.69) is 9.44 Å². The SMILES string of the molecule is CCOc1cccc(F)c1NS(=O)(=O)c1ccc(OC)c(S(=O)(=O)Nc2c(F)cccc2OCC)c1. The average molecular weight is 543 g/mol. The number of nitrogens with one attached hydrogen (secondary N) is 2. The van der Waals surface area contributed by atoms with E-state index in [0.29, 0.717) is 0 Å². The topological polar surface area (TPSA) is 120 Å². The lowest BCUT2D eigenvalue weighted by Crippen LogP contribution is -2.19. The quantitative estimate of drug-likeness (QED) is 0.369. The molecule has 0 saturated heterocycles. The van der Waals surface area contributed by atoms with Crippen molar-refractivity contribution < 1.29 is 39.8 Å². The zero-order valence-corrected chi connectivity index (χ0v) is 21.2. The normalized spacial score (nSPS) is 11.6. The molecule has 0 saturated carbocycles. The summed E-state index contributed by atoms with van der Waals surface area (Å²) < 4.78 is 101. The van der Waals surface area contributed by atoms with Crippen molar-refractivity contribution in [2.24, 2.45) is 0 Å². The second-order valence-corrected chi connectivity index (χ2v) is 10.4. The molecule has 3 rings (SSSR count). The summed E-state index contributed by atoms with van der Waals surface area (Å²) in [6.45, 7) is 3.57. The Kier molecular flexibility index (Phi) is 8.25. The van der Waals surface area contributed by atoms with Gasteiger partial charge in [-0.15, -0.1) is 0 Å². The van der Waals surface area contributed by atoms with E-state index < -0.39 is 52.8 Å². The van der Waals surface area contributed by atoms with E-state index in [1.165, 1.54) is 31.4 Å². The number of ether oxygens (including phenoxy) is 3. The van der Waals surface area contributed by atoms with Crippen LogP contribution in [0.5, 0.6) is 17.2 Å². The summed E-state index contributed by atoms with van der Waals surface area (Å²) in [7, 11) is -7.90. The summed E-state index contributed by atoms with van der Waals surface area (Å²) in [4.78, 5) is -1.12. The molecule has 0 unspecified atom stereocenters. The Hall–Kier alpha value is -3.58. The van der Waals surface area contributed by atoms with Crippen molar-refractivity contribution >= 4 is 31.4 Å². The number of rotatable bonds is 11. The number of para-hydroxylation sites is 2. The number of hydrogen-bond donors (Lipinski definition) is 2. The first-order valence-corrected chi connectivity index (χ1v) is 13.6. The maximum Gasteiger partial charge on any atom is 0.265 e. The molecule has 0 spiro atoms. The predicted molar refractivity (Wildman–Crippen MR) is 130 cm³/mol. The van der Waals surface area contributed by atoms with Crippen LogP contribution in [0.3, 0.4) is 0 Å². The summed E-state index contributed by atoms with van der Waals surface area (Å²) in [5.41, 5.74) is -0.897. The Morgan fingerprint density at radius 3 is 1.69 bits per heavy atom. The Morgan fingerprint density at radius 2 is 1.22 bits per heavy atom. The van der Waals surface area contributed by atoms with Gasteiger partial charge in [-0.3, -0.25) is 9.44 Å². The fourth-order valence-corrected chi connectivity index (χ4v) is 5.63. The smallest absolute Gasteiger partial charge is 0.265 e. The number of methoxy groups -OCH3 is 1. The molecule has 3 aromatic carbocycles. The van der Waals surface area contributed by atoms with Gasteiger partial charge in [0.05, 0.1) is 25.2 Å². The molecule has 13 heteroatoms. The number of benzene rings is 3. The lowest BCUT2D eigenvalue weighted by atomic mass is 10.3. The third-order valence-corrected chi connectivity index (χ3v) is 7.48. The van der Waals surface area contributed by atoms with E-state index >= 15 is 0 Å². The van der Waals surface area contributed by atoms with Crippen LogP contribution >= 0.6 is 0 Å². The summed E-state index contributed by atoms with van der Waals surface area (Å²) in [6, 6.07) is 10.5. The number of anilines is 2. The van der Waals surface area contributed by atoms with Crippen LogP contribution in [0.25, 0.3) is 0 Å². The van der Waals surface area contributed by atoms with Crippen LogP contribution in [0.2, 0.25) is 0 Å². The van der Waals surface area contributed by atoms with Gasteiger partial charge >= 0.3 is 0 Å². The van der Waals surface area contributed by atoms with Crippen molar-refractivity contribution in [3.8, 4) is 17.2 Å². The van der Waals surface area contributed by atoms with E-state index in [-0.39, 0.29) is 30.5 Å². The predicted octanol–water partition coefficient (Wildman–Crippen LogP) is 4.37. The van der Waals surface area contributed by atoms with Crippen molar-refractivity contribution in [2.45, 2.75) is 23.6 Å². The molecule has 36 heavy (non-hydrogen) atoms. The zero-order valence-electron chi connectivity index (χ0n) is 19.5. The van der Waals surface area contributed by atoms with Gasteiger partial charge in [-0.05, 0) is 56.3 Å². The third kappa shape index (κ3) is 5.79. The van der Waals surface area contributed by atoms with Crippen molar-refractivity contribution in [3.63, 3.8) is 0 Å². The Balaban J connectivity index is 2.06. The van der Waals surface area contributed by atoms with E-state index in [9.17, 15) is 25.6 Å². The van der Waals surface area contributed by atoms with Crippen molar-refractivity contribution in [3.05, 3.63) is 66.2 Å². The zero-order chi connectivity index (χ0) is 26.5. The molecule has 2 N–H and O–H groups in total. The van der Waals surface area contributed by atoms with Gasteiger partial charge in [-0.25, -0.2) is 25.6 Å². The summed E-state index contributed by atoms with van der Waals surface area (Å²) in [5, 5.41) is 0. The molecule has 0 aliphatic heterocycles. The van der Waals surface area contributed by atoms with E-state index in [0.717, 1.165) is 30.3 Å². The summed E-state index contributed by atoms with van der Waals surface area (Å²) >= 11 is 0. The monoisotopic (exact) mass is 542 g/mol. The first-order valence-electron chi connectivity index (χ1n) is 10.6. The highest BCUT2D eigenvalue weighted by molar-refractivity contribution is 7.93. The number of sulfonamides is 2. The van der Waals surface area contributed by atoms with Gasteiger partial charge in [-0.1, -0.05) is 12.1 Å². The Labute approximate surface area is 208 Å². The molecule has 0 aromatic heterocycles. The molecule has 9 nitrogen and oxygen atoms in total. The van der Waals surface area contributed by atoms with Gasteiger partial charge in [0.1, 0.15) is 33.5 Å². The largest absolute Gasteiger partial charge is 0.495 e. The first kappa shape index (κ1) is 27.0. The molecule has 194 valence electrons. The van der Waals surface area contributed by atoms with Crippen LogP contribution in [0.4, 0.5) is 20.2 Å². The maximum atomic E-state index is 14.5. The van der Waals surface area contributed by atoms with E-state index in [1.807, 2.05) is 0 Å². The highest BCUT2D eigenvalue weighted by Crippen LogP contribution is 2.35. The summed E-state index contributed by atoms with van der Waals surface area (Å²) in [6.07, 6.45) is 0. The second-order valence-electron chi connectivity index (χ2n) is 7.12. The molecule has 0 amide bonds. The van der Waals surface area contributed by atoms with Crippen molar-refractivity contribution in [1.82, 2.24) is 0 Å². The van der Waals surface area contributed by atoms with E-state index in [4.69, 9.17) is 14.2 Å². The van der Waals surface area contributed by atoms with Crippen molar-refractivity contribution in [1.29, 1.82) is 0 Å². The lowest BCUT2D eigenvalue weighted by molar-refractivity contribution is 0.340. The molecule has 0 atom stereocenters. The lowest BCUT2D eigenvalue weighted by Gasteiger charge is -2.17. The number of halogens is 2. The van der Waals surface area contributed by atoms with Crippen LogP contribution in [0, 0.1) is 11.6 Å². The van der Waals surface area contributed by atoms with Crippen LogP contribution < -0.4 is 23.7 Å². The average Bonchev–Trinajstić information content (AvgIpc) is 2.83. The van der Waals surface area contributed by atoms with Crippen LogP contribution in [-0.4, -0.2) is 37.2 Å². The minimum atomic E-state index is -4.59. The van der Waals surface area contributed by atoms with Crippen LogP contribution in [-0.2, 0) is 20.0 Å². The van der Waals surface area contributed by atoms with Crippen LogP contribution in [0.1, 0.15) is 13.8 Å². The molecule has 0 bridgehead atoms. The molecular weight excluding hydrogens is 518 g/mol. The van der Waals surface area contributed by atoms with Crippen molar-refractivity contribution in [2.75, 3.05) is 29.8 Å². The maximum absolute atomic E-state index is 14.5. The molecule has 3 aromatic rings. The van der Waals surface area contributed by atoms with Gasteiger partial charge in [0.15, 0.2) is 11.6 Å². The fraction of sp³-hybridized carbons (Fsp3) is 0.217. The summed E-state index contributed by atoms with van der Waals surface area (Å²) in [5.74, 6) is -2.12. The highest BCUT2D eigenvalue weighted by Gasteiger charge is 2.27. The molecule has 0 aliphatic rings. The fourth-order valence-electron chi connectivity index (χ4n) is 3.18. The minimum Gasteiger partial charge on any atom is -0.495 e. The van der Waals surface area contributed by atoms with E-state index in [1.54, 1.807) is 13.8 Å². The highest BCUT2D eigenvalue weighted by atomic mass is 32.2. The standard InChI is InChI=1S/C23H24F2N2O7S2/c1-4-33-19-10-6-8-16(24)22(19)26-35(28,29)15-12-13-18(32-3)21(14-15)36(30,31)27-23-17(25)9-7-11-20(23)34-5-2/h6-14,26-27H,4-5H2,1-3H3. The van der Waals surface area contributed by atoms with Gasteiger partial charge < -0.3 is 14.2 Å². The molecule has 0 heterocycles. The Morgan fingerprint density at radius 1 is 0.722 bits per heavy atom. The number of hydrogen-bond acceptors (Lipinski definition) is 7. The molecule has 0 aliphatic carbocycles. The van der Waals surface area contributed by atoms with Crippen LogP contribution in [0.15, 0.2) is 64.4 Å². The van der Waals surface area contributed by atoms with Gasteiger partial charge in [-0.2, -0.15) is 0 Å². The second kappa shape index (κ2) is 11.0. The molecule has 0 fully saturated rings. The molecular formula is C23H24F2N2O7S2. The molecule has 0 radical (unpaired) electrons.